The lowest BCUT2D eigenvalue weighted by Gasteiger charge is -2.13. The maximum Gasteiger partial charge on any atom is 0.290 e. The summed E-state index contributed by atoms with van der Waals surface area (Å²) in [7, 11) is 0. The van der Waals surface area contributed by atoms with Crippen molar-refractivity contribution in [2.24, 2.45) is 0 Å². The van der Waals surface area contributed by atoms with E-state index in [1.807, 2.05) is 31.2 Å². The molecule has 1 aliphatic rings. The summed E-state index contributed by atoms with van der Waals surface area (Å²) in [5, 5.41) is 2.17. The summed E-state index contributed by atoms with van der Waals surface area (Å²) < 4.78 is 5.34. The molecule has 0 bridgehead atoms. The quantitative estimate of drug-likeness (QED) is 0.818. The molecular formula is C13H15ClN2O3S. The van der Waals surface area contributed by atoms with E-state index >= 15 is 0 Å². The van der Waals surface area contributed by atoms with E-state index in [1.165, 1.54) is 4.90 Å². The van der Waals surface area contributed by atoms with Crippen LogP contribution in [0.1, 0.15) is 6.92 Å². The molecule has 1 saturated heterocycles. The molecule has 1 N–H and O–H groups in total. The highest BCUT2D eigenvalue weighted by molar-refractivity contribution is 8.15. The average Bonchev–Trinajstić information content (AvgIpc) is 2.69. The van der Waals surface area contributed by atoms with Crippen molar-refractivity contribution in [3.63, 3.8) is 0 Å². The van der Waals surface area contributed by atoms with Gasteiger partial charge in [-0.25, -0.2) is 0 Å². The van der Waals surface area contributed by atoms with Crippen LogP contribution in [0.3, 0.4) is 0 Å². The first kappa shape index (κ1) is 15.0. The maximum absolute atomic E-state index is 12.0. The number of carbonyl (C=O) groups is 2. The van der Waals surface area contributed by atoms with E-state index in [1.54, 1.807) is 0 Å². The number of nitrogens with zero attached hydrogens (tertiary/aromatic N) is 1. The van der Waals surface area contributed by atoms with E-state index < -0.39 is 5.37 Å². The molecule has 5 nitrogen and oxygen atoms in total. The Kier molecular flexibility index (Phi) is 5.14. The SMILES string of the molecule is CCOc1ccc(N[C@@H]2SC(=O)N(CCCl)C2=O)cc1. The molecule has 0 unspecified atom stereocenters. The molecule has 0 saturated carbocycles. The van der Waals surface area contributed by atoms with Gasteiger partial charge in [-0.15, -0.1) is 11.6 Å². The topological polar surface area (TPSA) is 58.6 Å². The average molecular weight is 315 g/mol. The number of thioether (sulfide) groups is 1. The fourth-order valence-corrected chi connectivity index (χ4v) is 2.89. The third kappa shape index (κ3) is 3.37. The molecule has 0 aliphatic carbocycles. The number of anilines is 1. The van der Waals surface area contributed by atoms with Crippen molar-refractivity contribution in [1.29, 1.82) is 0 Å². The van der Waals surface area contributed by atoms with Crippen LogP contribution in [-0.2, 0) is 4.79 Å². The summed E-state index contributed by atoms with van der Waals surface area (Å²) in [4.78, 5) is 24.9. The number of imide groups is 1. The summed E-state index contributed by atoms with van der Waals surface area (Å²) in [5.74, 6) is 0.756. The number of hydrogen-bond acceptors (Lipinski definition) is 5. The predicted molar refractivity (Wildman–Crippen MR) is 80.4 cm³/mol. The number of nitrogens with one attached hydrogen (secondary N) is 1. The molecule has 0 radical (unpaired) electrons. The van der Waals surface area contributed by atoms with Crippen molar-refractivity contribution >= 4 is 40.2 Å². The number of carbonyl (C=O) groups excluding carboxylic acids is 2. The summed E-state index contributed by atoms with van der Waals surface area (Å²) in [6.07, 6.45) is 0. The highest BCUT2D eigenvalue weighted by atomic mass is 35.5. The van der Waals surface area contributed by atoms with Gasteiger partial charge >= 0.3 is 0 Å². The molecule has 2 rings (SSSR count). The van der Waals surface area contributed by atoms with Gasteiger partial charge in [-0.3, -0.25) is 14.5 Å². The Morgan fingerprint density at radius 2 is 2.05 bits per heavy atom. The van der Waals surface area contributed by atoms with Crippen molar-refractivity contribution in [1.82, 2.24) is 4.90 Å². The highest BCUT2D eigenvalue weighted by Gasteiger charge is 2.39. The van der Waals surface area contributed by atoms with Gasteiger partial charge in [0.2, 0.25) is 0 Å². The Labute approximate surface area is 126 Å². The number of benzene rings is 1. The van der Waals surface area contributed by atoms with Crippen LogP contribution in [-0.4, -0.2) is 40.5 Å². The second-order valence-corrected chi connectivity index (χ2v) is 5.48. The second-order valence-electron chi connectivity index (χ2n) is 4.04. The van der Waals surface area contributed by atoms with E-state index in [2.05, 4.69) is 5.32 Å². The van der Waals surface area contributed by atoms with Crippen molar-refractivity contribution in [3.05, 3.63) is 24.3 Å². The number of alkyl halides is 1. The third-order valence-corrected chi connectivity index (χ3v) is 3.85. The van der Waals surface area contributed by atoms with E-state index in [0.717, 1.165) is 23.2 Å². The number of amides is 2. The normalized spacial score (nSPS) is 18.5. The van der Waals surface area contributed by atoms with E-state index in [-0.39, 0.29) is 23.6 Å². The molecule has 7 heteroatoms. The lowest BCUT2D eigenvalue weighted by atomic mass is 10.3. The molecule has 1 aromatic carbocycles. The van der Waals surface area contributed by atoms with Crippen LogP contribution in [0.5, 0.6) is 5.75 Å². The van der Waals surface area contributed by atoms with Crippen molar-refractivity contribution < 1.29 is 14.3 Å². The fraction of sp³-hybridized carbons (Fsp3) is 0.385. The van der Waals surface area contributed by atoms with Gasteiger partial charge in [0, 0.05) is 18.1 Å². The van der Waals surface area contributed by atoms with Gasteiger partial charge < -0.3 is 10.1 Å². The summed E-state index contributed by atoms with van der Waals surface area (Å²) >= 11 is 6.55. The van der Waals surface area contributed by atoms with Crippen LogP contribution in [0.15, 0.2) is 24.3 Å². The lowest BCUT2D eigenvalue weighted by Crippen LogP contribution is -2.35. The van der Waals surface area contributed by atoms with Gasteiger partial charge in [0.05, 0.1) is 6.61 Å². The third-order valence-electron chi connectivity index (χ3n) is 2.70. The van der Waals surface area contributed by atoms with Gasteiger partial charge in [0.25, 0.3) is 11.1 Å². The Morgan fingerprint density at radius 3 is 2.65 bits per heavy atom. The van der Waals surface area contributed by atoms with Crippen molar-refractivity contribution in [2.75, 3.05) is 24.3 Å². The maximum atomic E-state index is 12.0. The molecule has 20 heavy (non-hydrogen) atoms. The summed E-state index contributed by atoms with van der Waals surface area (Å²) in [6.45, 7) is 2.76. The first-order valence-corrected chi connectivity index (χ1v) is 7.64. The van der Waals surface area contributed by atoms with Crippen LogP contribution < -0.4 is 10.1 Å². The van der Waals surface area contributed by atoms with Crippen LogP contribution in [0.2, 0.25) is 0 Å². The summed E-state index contributed by atoms with van der Waals surface area (Å²) in [5.41, 5.74) is 0.764. The number of hydrogen-bond donors (Lipinski definition) is 1. The first-order valence-electron chi connectivity index (χ1n) is 6.23. The standard InChI is InChI=1S/C13H15ClN2O3S/c1-2-19-10-5-3-9(4-6-10)15-11-12(17)16(8-7-14)13(18)20-11/h3-6,11,15H,2,7-8H2,1H3/t11-/m1/s1. The smallest absolute Gasteiger partial charge is 0.290 e. The van der Waals surface area contributed by atoms with Crippen LogP contribution in [0.25, 0.3) is 0 Å². The Morgan fingerprint density at radius 1 is 1.35 bits per heavy atom. The molecule has 1 aliphatic heterocycles. The Bertz CT molecular complexity index is 495. The van der Waals surface area contributed by atoms with E-state index in [4.69, 9.17) is 16.3 Å². The highest BCUT2D eigenvalue weighted by Crippen LogP contribution is 2.28. The lowest BCUT2D eigenvalue weighted by molar-refractivity contribution is -0.126. The van der Waals surface area contributed by atoms with Crippen LogP contribution in [0, 0.1) is 0 Å². The molecule has 1 atom stereocenters. The van der Waals surface area contributed by atoms with Crippen molar-refractivity contribution in [2.45, 2.75) is 12.3 Å². The van der Waals surface area contributed by atoms with Gasteiger partial charge in [-0.05, 0) is 43.0 Å². The van der Waals surface area contributed by atoms with E-state index in [9.17, 15) is 9.59 Å². The van der Waals surface area contributed by atoms with Crippen LogP contribution >= 0.6 is 23.4 Å². The van der Waals surface area contributed by atoms with Crippen LogP contribution in [0.4, 0.5) is 10.5 Å². The largest absolute Gasteiger partial charge is 0.494 e. The zero-order valence-electron chi connectivity index (χ0n) is 11.0. The molecule has 1 heterocycles. The van der Waals surface area contributed by atoms with E-state index in [0.29, 0.717) is 6.61 Å². The minimum absolute atomic E-state index is 0.244. The predicted octanol–water partition coefficient (Wildman–Crippen LogP) is 2.76. The molecule has 2 amide bonds. The van der Waals surface area contributed by atoms with Gasteiger partial charge in [0.15, 0.2) is 5.37 Å². The first-order chi connectivity index (χ1) is 9.65. The molecule has 1 fully saturated rings. The number of halogens is 1. The van der Waals surface area contributed by atoms with Gasteiger partial charge in [-0.2, -0.15) is 0 Å². The van der Waals surface area contributed by atoms with Gasteiger partial charge in [-0.1, -0.05) is 0 Å². The molecule has 108 valence electrons. The molecule has 0 aromatic heterocycles. The minimum atomic E-state index is -0.594. The zero-order chi connectivity index (χ0) is 14.5. The Hall–Kier alpha value is -1.40. The second kappa shape index (κ2) is 6.85. The monoisotopic (exact) mass is 314 g/mol. The summed E-state index contributed by atoms with van der Waals surface area (Å²) in [6, 6.07) is 7.25. The van der Waals surface area contributed by atoms with Crippen molar-refractivity contribution in [3.8, 4) is 5.75 Å². The fourth-order valence-electron chi connectivity index (χ4n) is 1.79. The van der Waals surface area contributed by atoms with Gasteiger partial charge in [0.1, 0.15) is 5.75 Å². The molecular weight excluding hydrogens is 300 g/mol. The zero-order valence-corrected chi connectivity index (χ0v) is 12.5. The number of rotatable bonds is 6. The minimum Gasteiger partial charge on any atom is -0.494 e. The molecule has 1 aromatic rings. The Balaban J connectivity index is 2.00. The molecule has 0 spiro atoms. The number of ether oxygens (including phenoxy) is 1.